The molecule has 0 fully saturated rings. The summed E-state index contributed by atoms with van der Waals surface area (Å²) in [4.78, 5) is 6.83. The summed E-state index contributed by atoms with van der Waals surface area (Å²) in [5.74, 6) is 0.0760. The number of aromatic amines is 2. The zero-order chi connectivity index (χ0) is 17.5. The number of nitrogens with one attached hydrogen (secondary N) is 2. The van der Waals surface area contributed by atoms with Crippen molar-refractivity contribution < 1.29 is 0 Å². The highest BCUT2D eigenvalue weighted by Gasteiger charge is 2.24. The van der Waals surface area contributed by atoms with Crippen molar-refractivity contribution in [1.29, 1.82) is 0 Å². The van der Waals surface area contributed by atoms with Gasteiger partial charge < -0.3 is 9.97 Å². The van der Waals surface area contributed by atoms with Crippen molar-refractivity contribution in [2.75, 3.05) is 0 Å². The highest BCUT2D eigenvalue weighted by molar-refractivity contribution is 6.41. The molecule has 5 aromatic rings. The lowest BCUT2D eigenvalue weighted by molar-refractivity contribution is 0.913. The van der Waals surface area contributed by atoms with Crippen LogP contribution < -0.4 is 0 Å². The first-order valence-corrected chi connectivity index (χ1v) is 9.08. The lowest BCUT2D eigenvalue weighted by Gasteiger charge is -2.21. The Kier molecular flexibility index (Phi) is 3.58. The van der Waals surface area contributed by atoms with Crippen molar-refractivity contribution in [2.45, 2.75) is 5.92 Å². The number of rotatable bonds is 3. The van der Waals surface area contributed by atoms with Gasteiger partial charge in [0.2, 0.25) is 0 Å². The Labute approximate surface area is 156 Å². The molecule has 5 rings (SSSR count). The quantitative estimate of drug-likeness (QED) is 0.346. The molecule has 2 N–H and O–H groups in total. The molecule has 0 atom stereocenters. The van der Waals surface area contributed by atoms with Gasteiger partial charge in [0.15, 0.2) is 0 Å². The van der Waals surface area contributed by atoms with Crippen LogP contribution in [0.2, 0.25) is 5.02 Å². The van der Waals surface area contributed by atoms with Gasteiger partial charge in [0, 0.05) is 34.6 Å². The van der Waals surface area contributed by atoms with E-state index >= 15 is 0 Å². The minimum absolute atomic E-state index is 0.0760. The number of benzene rings is 3. The minimum Gasteiger partial charge on any atom is -0.364 e. The van der Waals surface area contributed by atoms with Crippen molar-refractivity contribution in [3.63, 3.8) is 0 Å². The predicted molar refractivity (Wildman–Crippen MR) is 109 cm³/mol. The molecule has 0 spiro atoms. The number of hydrogen-bond donors (Lipinski definition) is 2. The number of halogens is 1. The lowest BCUT2D eigenvalue weighted by atomic mass is 9.84. The summed E-state index contributed by atoms with van der Waals surface area (Å²) >= 11 is 6.79. The number of hydrogen-bond acceptors (Lipinski definition) is 0. The molecule has 0 amide bonds. The summed E-state index contributed by atoms with van der Waals surface area (Å²) < 4.78 is 0. The third-order valence-corrected chi connectivity index (χ3v) is 5.47. The van der Waals surface area contributed by atoms with Crippen LogP contribution in [0, 0.1) is 0 Å². The van der Waals surface area contributed by atoms with Gasteiger partial charge >= 0.3 is 0 Å². The third-order valence-electron chi connectivity index (χ3n) is 5.06. The summed E-state index contributed by atoms with van der Waals surface area (Å²) in [6.45, 7) is 0. The molecule has 3 aromatic carbocycles. The maximum absolute atomic E-state index is 6.79. The van der Waals surface area contributed by atoms with Gasteiger partial charge in [-0.1, -0.05) is 60.1 Å². The van der Waals surface area contributed by atoms with Crippen LogP contribution in [0.4, 0.5) is 0 Å². The SMILES string of the molecule is Clc1c2ccccc2c(C(c2ccc[nH]2)c2ccc[nH]2)c2ccccc12. The summed E-state index contributed by atoms with van der Waals surface area (Å²) in [5, 5.41) is 5.37. The van der Waals surface area contributed by atoms with E-state index in [0.717, 1.165) is 27.2 Å². The first-order valence-electron chi connectivity index (χ1n) is 8.70. The molecule has 2 aromatic heterocycles. The summed E-state index contributed by atoms with van der Waals surface area (Å²) in [6.07, 6.45) is 3.96. The fourth-order valence-electron chi connectivity index (χ4n) is 3.95. The van der Waals surface area contributed by atoms with Crippen LogP contribution in [0.5, 0.6) is 0 Å². The van der Waals surface area contributed by atoms with E-state index in [0.29, 0.717) is 0 Å². The Bertz CT molecular complexity index is 1100. The normalized spacial score (nSPS) is 11.6. The highest BCUT2D eigenvalue weighted by Crippen LogP contribution is 2.43. The third kappa shape index (κ3) is 2.27. The van der Waals surface area contributed by atoms with Crippen LogP contribution in [0.25, 0.3) is 21.5 Å². The molecule has 0 radical (unpaired) electrons. The molecule has 0 saturated heterocycles. The van der Waals surface area contributed by atoms with E-state index in [1.54, 1.807) is 0 Å². The van der Waals surface area contributed by atoms with E-state index in [4.69, 9.17) is 11.6 Å². The van der Waals surface area contributed by atoms with Gasteiger partial charge in [-0.05, 0) is 40.6 Å². The molecule has 0 aliphatic carbocycles. The van der Waals surface area contributed by atoms with Gasteiger partial charge in [0.1, 0.15) is 0 Å². The summed E-state index contributed by atoms with van der Waals surface area (Å²) in [7, 11) is 0. The van der Waals surface area contributed by atoms with Crippen molar-refractivity contribution in [3.05, 3.63) is 107 Å². The minimum atomic E-state index is 0.0760. The Morgan fingerprint density at radius 1 is 0.577 bits per heavy atom. The number of H-pyrrole nitrogens is 2. The number of aromatic nitrogens is 2. The molecule has 0 bridgehead atoms. The van der Waals surface area contributed by atoms with Crippen LogP contribution >= 0.6 is 11.6 Å². The van der Waals surface area contributed by atoms with Crippen LogP contribution in [-0.4, -0.2) is 9.97 Å². The molecular weight excluding hydrogens is 340 g/mol. The Morgan fingerprint density at radius 2 is 1.04 bits per heavy atom. The first-order chi connectivity index (χ1) is 12.8. The Morgan fingerprint density at radius 3 is 1.46 bits per heavy atom. The standard InChI is InChI=1S/C23H17ClN2/c24-23-17-9-3-1-7-15(17)21(16-8-2-4-10-18(16)23)22(19-11-5-13-25-19)20-12-6-14-26-20/h1-14,22,25-26H. The van der Waals surface area contributed by atoms with Crippen molar-refractivity contribution in [3.8, 4) is 0 Å². The average Bonchev–Trinajstić information content (AvgIpc) is 3.39. The Balaban J connectivity index is 1.97. The van der Waals surface area contributed by atoms with E-state index in [1.807, 2.05) is 36.7 Å². The largest absolute Gasteiger partial charge is 0.364 e. The van der Waals surface area contributed by atoms with Crippen LogP contribution in [0.1, 0.15) is 22.9 Å². The van der Waals surface area contributed by atoms with Crippen LogP contribution in [-0.2, 0) is 0 Å². The van der Waals surface area contributed by atoms with Crippen molar-refractivity contribution >= 4 is 33.1 Å². The smallest absolute Gasteiger partial charge is 0.0653 e. The van der Waals surface area contributed by atoms with Crippen LogP contribution in [0.15, 0.2) is 85.2 Å². The van der Waals surface area contributed by atoms with E-state index < -0.39 is 0 Å². The molecule has 2 heterocycles. The predicted octanol–water partition coefficient (Wildman–Crippen LogP) is 6.48. The maximum atomic E-state index is 6.79. The zero-order valence-corrected chi connectivity index (χ0v) is 14.8. The van der Waals surface area contributed by atoms with Gasteiger partial charge in [-0.25, -0.2) is 0 Å². The van der Waals surface area contributed by atoms with Gasteiger partial charge in [0.25, 0.3) is 0 Å². The second-order valence-corrected chi connectivity index (χ2v) is 6.88. The van der Waals surface area contributed by atoms with E-state index in [9.17, 15) is 0 Å². The summed E-state index contributed by atoms with van der Waals surface area (Å²) in [5.41, 5.74) is 3.58. The molecule has 2 nitrogen and oxygen atoms in total. The van der Waals surface area contributed by atoms with Gasteiger partial charge in [0.05, 0.1) is 10.9 Å². The molecule has 0 saturated carbocycles. The molecule has 3 heteroatoms. The van der Waals surface area contributed by atoms with E-state index in [-0.39, 0.29) is 5.92 Å². The fourth-order valence-corrected chi connectivity index (χ4v) is 4.28. The highest BCUT2D eigenvalue weighted by atomic mass is 35.5. The summed E-state index contributed by atoms with van der Waals surface area (Å²) in [6, 6.07) is 25.2. The molecule has 0 aliphatic heterocycles. The van der Waals surface area contributed by atoms with E-state index in [2.05, 4.69) is 58.5 Å². The average molecular weight is 357 g/mol. The Hall–Kier alpha value is -2.97. The van der Waals surface area contributed by atoms with Gasteiger partial charge in [-0.3, -0.25) is 0 Å². The monoisotopic (exact) mass is 356 g/mol. The molecule has 126 valence electrons. The molecule has 0 unspecified atom stereocenters. The van der Waals surface area contributed by atoms with Gasteiger partial charge in [-0.2, -0.15) is 0 Å². The van der Waals surface area contributed by atoms with Gasteiger partial charge in [-0.15, -0.1) is 0 Å². The fraction of sp³-hybridized carbons (Fsp3) is 0.0435. The molecule has 26 heavy (non-hydrogen) atoms. The zero-order valence-electron chi connectivity index (χ0n) is 14.0. The lowest BCUT2D eigenvalue weighted by Crippen LogP contribution is -2.06. The topological polar surface area (TPSA) is 31.6 Å². The molecule has 0 aliphatic rings. The second kappa shape index (κ2) is 6.08. The second-order valence-electron chi connectivity index (χ2n) is 6.50. The van der Waals surface area contributed by atoms with Crippen LogP contribution in [0.3, 0.4) is 0 Å². The number of fused-ring (bicyclic) bond motifs is 2. The van der Waals surface area contributed by atoms with Crippen molar-refractivity contribution in [2.24, 2.45) is 0 Å². The first kappa shape index (κ1) is 15.3. The van der Waals surface area contributed by atoms with Crippen molar-refractivity contribution in [1.82, 2.24) is 9.97 Å². The molecular formula is C23H17ClN2. The van der Waals surface area contributed by atoms with E-state index in [1.165, 1.54) is 16.3 Å². The maximum Gasteiger partial charge on any atom is 0.0653 e.